The summed E-state index contributed by atoms with van der Waals surface area (Å²) in [5.41, 5.74) is 1.43. The van der Waals surface area contributed by atoms with Crippen LogP contribution in [-0.2, 0) is 13.1 Å². The number of hydrogen-bond donors (Lipinski definition) is 1. The molecule has 0 bridgehead atoms. The zero-order chi connectivity index (χ0) is 14.5. The van der Waals surface area contributed by atoms with Crippen LogP contribution in [0.3, 0.4) is 0 Å². The summed E-state index contributed by atoms with van der Waals surface area (Å²) in [6, 6.07) is 12.1. The molecule has 0 spiro atoms. The van der Waals surface area contributed by atoms with Gasteiger partial charge < -0.3 is 9.52 Å². The van der Waals surface area contributed by atoms with E-state index in [1.54, 1.807) is 6.07 Å². The zero-order valence-electron chi connectivity index (χ0n) is 11.7. The van der Waals surface area contributed by atoms with Gasteiger partial charge in [-0.2, -0.15) is 0 Å². The SMILES string of the molecule is CC(C)N(Cc1ccccc1)Cc1cc(C(=O)O)co1. The summed E-state index contributed by atoms with van der Waals surface area (Å²) >= 11 is 0. The molecule has 0 unspecified atom stereocenters. The maximum Gasteiger partial charge on any atom is 0.338 e. The van der Waals surface area contributed by atoms with Gasteiger partial charge in [-0.3, -0.25) is 4.90 Å². The van der Waals surface area contributed by atoms with Gasteiger partial charge in [-0.05, 0) is 25.5 Å². The van der Waals surface area contributed by atoms with Crippen molar-refractivity contribution in [1.29, 1.82) is 0 Å². The van der Waals surface area contributed by atoms with E-state index in [0.29, 0.717) is 18.3 Å². The molecule has 20 heavy (non-hydrogen) atoms. The smallest absolute Gasteiger partial charge is 0.338 e. The normalized spacial score (nSPS) is 11.2. The summed E-state index contributed by atoms with van der Waals surface area (Å²) in [5, 5.41) is 8.90. The highest BCUT2D eigenvalue weighted by atomic mass is 16.4. The largest absolute Gasteiger partial charge is 0.478 e. The van der Waals surface area contributed by atoms with E-state index in [4.69, 9.17) is 9.52 Å². The number of carboxylic acids is 1. The Bertz CT molecular complexity index is 560. The predicted molar refractivity (Wildman–Crippen MR) is 76.5 cm³/mol. The lowest BCUT2D eigenvalue weighted by Crippen LogP contribution is -2.29. The van der Waals surface area contributed by atoms with Crippen LogP contribution in [0.5, 0.6) is 0 Å². The first-order valence-corrected chi connectivity index (χ1v) is 6.65. The lowest BCUT2D eigenvalue weighted by atomic mass is 10.2. The molecule has 4 nitrogen and oxygen atoms in total. The van der Waals surface area contributed by atoms with E-state index in [9.17, 15) is 4.79 Å². The maximum absolute atomic E-state index is 10.9. The van der Waals surface area contributed by atoms with E-state index in [1.165, 1.54) is 11.8 Å². The van der Waals surface area contributed by atoms with Crippen LogP contribution >= 0.6 is 0 Å². The van der Waals surface area contributed by atoms with Crippen molar-refractivity contribution in [1.82, 2.24) is 4.90 Å². The third-order valence-corrected chi connectivity index (χ3v) is 3.22. The third kappa shape index (κ3) is 3.71. The van der Waals surface area contributed by atoms with Gasteiger partial charge in [0, 0.05) is 12.6 Å². The van der Waals surface area contributed by atoms with Crippen molar-refractivity contribution in [2.24, 2.45) is 0 Å². The second kappa shape index (κ2) is 6.39. The van der Waals surface area contributed by atoms with Crippen molar-refractivity contribution >= 4 is 5.97 Å². The van der Waals surface area contributed by atoms with Gasteiger partial charge in [0.2, 0.25) is 0 Å². The molecule has 0 aliphatic carbocycles. The zero-order valence-corrected chi connectivity index (χ0v) is 11.7. The minimum absolute atomic E-state index is 0.198. The molecule has 2 aromatic rings. The number of benzene rings is 1. The Morgan fingerprint density at radius 1 is 1.25 bits per heavy atom. The van der Waals surface area contributed by atoms with Crippen molar-refractivity contribution in [2.75, 3.05) is 0 Å². The van der Waals surface area contributed by atoms with Crippen molar-refractivity contribution < 1.29 is 14.3 Å². The van der Waals surface area contributed by atoms with Crippen molar-refractivity contribution in [3.8, 4) is 0 Å². The van der Waals surface area contributed by atoms with E-state index in [0.717, 1.165) is 6.54 Å². The second-order valence-electron chi connectivity index (χ2n) is 5.09. The van der Waals surface area contributed by atoms with Gasteiger partial charge in [0.15, 0.2) is 0 Å². The summed E-state index contributed by atoms with van der Waals surface area (Å²) in [4.78, 5) is 13.1. The summed E-state index contributed by atoms with van der Waals surface area (Å²) in [6.07, 6.45) is 1.29. The third-order valence-electron chi connectivity index (χ3n) is 3.22. The van der Waals surface area contributed by atoms with E-state index in [-0.39, 0.29) is 5.56 Å². The van der Waals surface area contributed by atoms with Crippen LogP contribution < -0.4 is 0 Å². The number of carboxylic acid groups (broad SMARTS) is 1. The summed E-state index contributed by atoms with van der Waals surface area (Å²) in [7, 11) is 0. The second-order valence-corrected chi connectivity index (χ2v) is 5.09. The molecule has 4 heteroatoms. The minimum Gasteiger partial charge on any atom is -0.478 e. The lowest BCUT2D eigenvalue weighted by molar-refractivity contribution is 0.0696. The van der Waals surface area contributed by atoms with Gasteiger partial charge in [-0.15, -0.1) is 0 Å². The highest BCUT2D eigenvalue weighted by Crippen LogP contribution is 2.15. The van der Waals surface area contributed by atoms with Crippen molar-refractivity contribution in [3.05, 3.63) is 59.5 Å². The molecule has 0 aliphatic rings. The number of carbonyl (C=O) groups is 1. The standard InChI is InChI=1S/C16H19NO3/c1-12(2)17(9-13-6-4-3-5-7-13)10-15-8-14(11-20-15)16(18)19/h3-8,11-12H,9-10H2,1-2H3,(H,18,19). The van der Waals surface area contributed by atoms with Gasteiger partial charge in [0.1, 0.15) is 12.0 Å². The van der Waals surface area contributed by atoms with E-state index in [1.807, 2.05) is 18.2 Å². The number of hydrogen-bond acceptors (Lipinski definition) is 3. The molecule has 1 heterocycles. The van der Waals surface area contributed by atoms with Gasteiger partial charge in [0.05, 0.1) is 12.1 Å². The van der Waals surface area contributed by atoms with Crippen molar-refractivity contribution in [2.45, 2.75) is 33.0 Å². The molecule has 0 saturated carbocycles. The fraction of sp³-hybridized carbons (Fsp3) is 0.312. The van der Waals surface area contributed by atoms with E-state index < -0.39 is 5.97 Å². The Labute approximate surface area is 118 Å². The molecule has 0 fully saturated rings. The Morgan fingerprint density at radius 3 is 2.50 bits per heavy atom. The molecular formula is C16H19NO3. The maximum atomic E-state index is 10.9. The molecule has 1 N–H and O–H groups in total. The molecule has 0 aliphatic heterocycles. The number of furan rings is 1. The topological polar surface area (TPSA) is 53.7 Å². The first-order chi connectivity index (χ1) is 9.56. The fourth-order valence-corrected chi connectivity index (χ4v) is 2.01. The molecule has 0 amide bonds. The molecule has 1 aromatic carbocycles. The fourth-order valence-electron chi connectivity index (χ4n) is 2.01. The van der Waals surface area contributed by atoms with Crippen LogP contribution in [0.2, 0.25) is 0 Å². The summed E-state index contributed by atoms with van der Waals surface area (Å²) in [6.45, 7) is 5.63. The number of nitrogens with zero attached hydrogens (tertiary/aromatic N) is 1. The molecule has 2 rings (SSSR count). The van der Waals surface area contributed by atoms with Crippen LogP contribution in [0.4, 0.5) is 0 Å². The van der Waals surface area contributed by atoms with Gasteiger partial charge in [0.25, 0.3) is 0 Å². The highest BCUT2D eigenvalue weighted by Gasteiger charge is 2.15. The molecule has 0 saturated heterocycles. The Kier molecular flexibility index (Phi) is 4.58. The van der Waals surface area contributed by atoms with Crippen LogP contribution in [0.1, 0.15) is 35.5 Å². The number of aromatic carboxylic acids is 1. The summed E-state index contributed by atoms with van der Waals surface area (Å²) < 4.78 is 5.32. The lowest BCUT2D eigenvalue weighted by Gasteiger charge is -2.25. The van der Waals surface area contributed by atoms with Crippen LogP contribution in [-0.4, -0.2) is 22.0 Å². The van der Waals surface area contributed by atoms with Crippen molar-refractivity contribution in [3.63, 3.8) is 0 Å². The molecule has 0 atom stereocenters. The Hall–Kier alpha value is -2.07. The quantitative estimate of drug-likeness (QED) is 0.876. The molecule has 0 radical (unpaired) electrons. The summed E-state index contributed by atoms with van der Waals surface area (Å²) in [5.74, 6) is -0.286. The molecular weight excluding hydrogens is 254 g/mol. The molecule has 106 valence electrons. The van der Waals surface area contributed by atoms with Gasteiger partial charge in [-0.25, -0.2) is 4.79 Å². The van der Waals surface area contributed by atoms with Gasteiger partial charge >= 0.3 is 5.97 Å². The van der Waals surface area contributed by atoms with Crippen LogP contribution in [0, 0.1) is 0 Å². The minimum atomic E-state index is -0.959. The van der Waals surface area contributed by atoms with E-state index >= 15 is 0 Å². The highest BCUT2D eigenvalue weighted by molar-refractivity contribution is 5.87. The first kappa shape index (κ1) is 14.3. The average molecular weight is 273 g/mol. The molecule has 1 aromatic heterocycles. The Morgan fingerprint density at radius 2 is 1.95 bits per heavy atom. The Balaban J connectivity index is 2.07. The average Bonchev–Trinajstić information content (AvgIpc) is 2.88. The number of rotatable bonds is 6. The van der Waals surface area contributed by atoms with Crippen LogP contribution in [0.15, 0.2) is 47.1 Å². The first-order valence-electron chi connectivity index (χ1n) is 6.65. The monoisotopic (exact) mass is 273 g/mol. The van der Waals surface area contributed by atoms with Gasteiger partial charge in [-0.1, -0.05) is 30.3 Å². The predicted octanol–water partition coefficient (Wildman–Crippen LogP) is 3.39. The van der Waals surface area contributed by atoms with E-state index in [2.05, 4.69) is 30.9 Å². The van der Waals surface area contributed by atoms with Crippen LogP contribution in [0.25, 0.3) is 0 Å².